The maximum absolute atomic E-state index is 6.65. The summed E-state index contributed by atoms with van der Waals surface area (Å²) >= 11 is 0. The average molecular weight is 476 g/mol. The van der Waals surface area contributed by atoms with Gasteiger partial charge in [0.15, 0.2) is 0 Å². The Balaban J connectivity index is 1.51. The summed E-state index contributed by atoms with van der Waals surface area (Å²) in [5.74, 6) is 1.94. The van der Waals surface area contributed by atoms with Crippen LogP contribution in [0.15, 0.2) is 103 Å². The first-order chi connectivity index (χ1) is 17.9. The second-order valence-electron chi connectivity index (χ2n) is 11.1. The molecule has 0 aromatic heterocycles. The number of fused-ring (bicyclic) bond motifs is 4. The van der Waals surface area contributed by atoms with Crippen molar-refractivity contribution in [3.8, 4) is 33.8 Å². The van der Waals surface area contributed by atoms with Gasteiger partial charge in [-0.2, -0.15) is 0 Å². The average Bonchev–Trinajstić information content (AvgIpc) is 2.91. The van der Waals surface area contributed by atoms with Gasteiger partial charge in [0, 0.05) is 5.41 Å². The van der Waals surface area contributed by atoms with Crippen LogP contribution in [-0.4, -0.2) is 6.71 Å². The van der Waals surface area contributed by atoms with Crippen molar-refractivity contribution in [3.63, 3.8) is 0 Å². The number of hydrogen-bond acceptors (Lipinski definition) is 1. The molecule has 5 aromatic rings. The first-order valence-corrected chi connectivity index (χ1v) is 13.1. The topological polar surface area (TPSA) is 9.23 Å². The molecule has 2 aliphatic heterocycles. The molecule has 1 nitrogen and oxygen atoms in total. The van der Waals surface area contributed by atoms with E-state index in [-0.39, 0.29) is 12.1 Å². The quantitative estimate of drug-likeness (QED) is 0.247. The van der Waals surface area contributed by atoms with E-state index in [0.29, 0.717) is 0 Å². The summed E-state index contributed by atoms with van der Waals surface area (Å²) < 4.78 is 6.65. The largest absolute Gasteiger partial charge is 0.458 e. The van der Waals surface area contributed by atoms with E-state index in [9.17, 15) is 0 Å². The van der Waals surface area contributed by atoms with Crippen LogP contribution in [0.3, 0.4) is 0 Å². The van der Waals surface area contributed by atoms with Gasteiger partial charge >= 0.3 is 0 Å². The molecule has 0 radical (unpaired) electrons. The summed E-state index contributed by atoms with van der Waals surface area (Å²) in [4.78, 5) is 0. The molecule has 2 aliphatic rings. The zero-order chi connectivity index (χ0) is 25.3. The highest BCUT2D eigenvalue weighted by atomic mass is 16.5. The standard InChI is InChI=1S/C35H29BO/c1-22-9-13-24(14-10-22)26-17-19-31-30(21-26)36-29-8-6-5-7-28(29)35(3,4)33-27(18-20-32(37-31)34(33)36)25-15-11-23(2)12-16-25/h5-21H,1-4H3. The van der Waals surface area contributed by atoms with E-state index in [0.717, 1.165) is 11.5 Å². The Morgan fingerprint density at radius 1 is 0.595 bits per heavy atom. The molecule has 5 aromatic carbocycles. The lowest BCUT2D eigenvalue weighted by Crippen LogP contribution is -2.62. The lowest BCUT2D eigenvalue weighted by molar-refractivity contribution is 0.484. The molecule has 37 heavy (non-hydrogen) atoms. The van der Waals surface area contributed by atoms with Crippen LogP contribution in [0.5, 0.6) is 11.5 Å². The molecule has 0 saturated carbocycles. The van der Waals surface area contributed by atoms with Crippen LogP contribution >= 0.6 is 0 Å². The summed E-state index contributed by atoms with van der Waals surface area (Å²) in [7, 11) is 0. The second-order valence-corrected chi connectivity index (χ2v) is 11.1. The SMILES string of the molecule is Cc1ccc(-c2ccc3c(c2)B2c4ccccc4C(C)(C)c4c(-c5ccc(C)cc5)ccc(c42)O3)cc1. The predicted molar refractivity (Wildman–Crippen MR) is 157 cm³/mol. The maximum Gasteiger partial charge on any atom is 0.251 e. The number of ether oxygens (including phenoxy) is 1. The Hall–Kier alpha value is -4.04. The third kappa shape index (κ3) is 3.32. The molecule has 0 fully saturated rings. The number of aryl methyl sites for hydroxylation is 2. The first kappa shape index (κ1) is 22.2. The third-order valence-electron chi connectivity index (χ3n) is 8.35. The number of rotatable bonds is 2. The summed E-state index contributed by atoms with van der Waals surface area (Å²) in [5, 5.41) is 0. The summed E-state index contributed by atoms with van der Waals surface area (Å²) in [6.07, 6.45) is 0. The minimum absolute atomic E-state index is 0.133. The summed E-state index contributed by atoms with van der Waals surface area (Å²) in [6, 6.07) is 37.9. The summed E-state index contributed by atoms with van der Waals surface area (Å²) in [6.45, 7) is 9.15. The van der Waals surface area contributed by atoms with Crippen LogP contribution in [-0.2, 0) is 5.41 Å². The summed E-state index contributed by atoms with van der Waals surface area (Å²) in [5.41, 5.74) is 14.1. The van der Waals surface area contributed by atoms with E-state index in [4.69, 9.17) is 4.74 Å². The van der Waals surface area contributed by atoms with Crippen molar-refractivity contribution < 1.29 is 4.74 Å². The molecule has 0 N–H and O–H groups in total. The Kier molecular flexibility index (Phi) is 4.79. The highest BCUT2D eigenvalue weighted by Crippen LogP contribution is 2.43. The van der Waals surface area contributed by atoms with Crippen molar-refractivity contribution in [2.45, 2.75) is 33.1 Å². The van der Waals surface area contributed by atoms with E-state index in [2.05, 4.69) is 131 Å². The zero-order valence-corrected chi connectivity index (χ0v) is 21.8. The minimum Gasteiger partial charge on any atom is -0.458 e. The van der Waals surface area contributed by atoms with E-state index in [1.54, 1.807) is 0 Å². The first-order valence-electron chi connectivity index (χ1n) is 13.1. The normalized spacial score (nSPS) is 14.3. The highest BCUT2D eigenvalue weighted by Gasteiger charge is 2.46. The monoisotopic (exact) mass is 476 g/mol. The van der Waals surface area contributed by atoms with Gasteiger partial charge in [-0.15, -0.1) is 0 Å². The Morgan fingerprint density at radius 2 is 1.22 bits per heavy atom. The molecule has 2 heteroatoms. The van der Waals surface area contributed by atoms with Crippen LogP contribution in [0.1, 0.15) is 36.1 Å². The van der Waals surface area contributed by atoms with Gasteiger partial charge in [0.2, 0.25) is 0 Å². The van der Waals surface area contributed by atoms with E-state index in [1.807, 2.05) is 0 Å². The zero-order valence-electron chi connectivity index (χ0n) is 21.8. The van der Waals surface area contributed by atoms with Crippen molar-refractivity contribution in [3.05, 3.63) is 125 Å². The third-order valence-corrected chi connectivity index (χ3v) is 8.35. The smallest absolute Gasteiger partial charge is 0.251 e. The Labute approximate surface area is 219 Å². The second kappa shape index (κ2) is 7.98. The van der Waals surface area contributed by atoms with Crippen LogP contribution in [0.4, 0.5) is 0 Å². The van der Waals surface area contributed by atoms with Gasteiger partial charge in [0.1, 0.15) is 11.5 Å². The molecule has 7 rings (SSSR count). The van der Waals surface area contributed by atoms with Crippen LogP contribution in [0, 0.1) is 13.8 Å². The van der Waals surface area contributed by atoms with E-state index in [1.165, 1.54) is 60.9 Å². The molecule has 0 spiro atoms. The molecule has 0 atom stereocenters. The Morgan fingerprint density at radius 3 is 1.95 bits per heavy atom. The van der Waals surface area contributed by atoms with Gasteiger partial charge in [-0.3, -0.25) is 0 Å². The fourth-order valence-corrected chi connectivity index (χ4v) is 6.47. The van der Waals surface area contributed by atoms with E-state index >= 15 is 0 Å². The van der Waals surface area contributed by atoms with Crippen LogP contribution in [0.2, 0.25) is 0 Å². The van der Waals surface area contributed by atoms with Crippen LogP contribution < -0.4 is 21.1 Å². The fourth-order valence-electron chi connectivity index (χ4n) is 6.47. The predicted octanol–water partition coefficient (Wildman–Crippen LogP) is 6.90. The van der Waals surface area contributed by atoms with Gasteiger partial charge in [0.25, 0.3) is 6.71 Å². The van der Waals surface area contributed by atoms with Crippen molar-refractivity contribution >= 4 is 23.1 Å². The van der Waals surface area contributed by atoms with Crippen molar-refractivity contribution in [2.75, 3.05) is 0 Å². The van der Waals surface area contributed by atoms with Gasteiger partial charge in [-0.05, 0) is 70.3 Å². The van der Waals surface area contributed by atoms with Crippen molar-refractivity contribution in [2.24, 2.45) is 0 Å². The van der Waals surface area contributed by atoms with Crippen molar-refractivity contribution in [1.82, 2.24) is 0 Å². The van der Waals surface area contributed by atoms with Gasteiger partial charge < -0.3 is 4.74 Å². The highest BCUT2D eigenvalue weighted by molar-refractivity contribution is 6.98. The van der Waals surface area contributed by atoms with Crippen molar-refractivity contribution in [1.29, 1.82) is 0 Å². The number of benzene rings is 5. The van der Waals surface area contributed by atoms with Crippen LogP contribution in [0.25, 0.3) is 22.3 Å². The maximum atomic E-state index is 6.65. The lowest BCUT2D eigenvalue weighted by Gasteiger charge is -2.43. The molecule has 0 saturated heterocycles. The molecular weight excluding hydrogens is 447 g/mol. The molecule has 0 bridgehead atoms. The Bertz CT molecular complexity index is 1680. The van der Waals surface area contributed by atoms with Gasteiger partial charge in [0.05, 0.1) is 0 Å². The molecular formula is C35H29BO. The minimum atomic E-state index is -0.159. The fraction of sp³-hybridized carbons (Fsp3) is 0.143. The number of hydrogen-bond donors (Lipinski definition) is 0. The molecule has 0 unspecified atom stereocenters. The van der Waals surface area contributed by atoms with Gasteiger partial charge in [-0.1, -0.05) is 121 Å². The lowest BCUT2D eigenvalue weighted by atomic mass is 9.30. The van der Waals surface area contributed by atoms with Gasteiger partial charge in [-0.25, -0.2) is 0 Å². The van der Waals surface area contributed by atoms with E-state index < -0.39 is 0 Å². The molecule has 178 valence electrons. The molecule has 0 amide bonds. The molecule has 0 aliphatic carbocycles. The molecule has 2 heterocycles.